The molecular formula is C14H21NO. The highest BCUT2D eigenvalue weighted by atomic mass is 16.5. The first kappa shape index (κ1) is 11.5. The van der Waals surface area contributed by atoms with Gasteiger partial charge in [0.15, 0.2) is 0 Å². The van der Waals surface area contributed by atoms with Gasteiger partial charge in [0.05, 0.1) is 0 Å². The minimum atomic E-state index is 0.0981. The largest absolute Gasteiger partial charge is 0.489 e. The van der Waals surface area contributed by atoms with Crippen molar-refractivity contribution >= 4 is 0 Å². The molecule has 16 heavy (non-hydrogen) atoms. The highest BCUT2D eigenvalue weighted by molar-refractivity contribution is 5.33. The van der Waals surface area contributed by atoms with Crippen LogP contribution in [0.4, 0.5) is 0 Å². The van der Waals surface area contributed by atoms with Crippen LogP contribution in [0.15, 0.2) is 24.3 Å². The molecule has 2 heteroatoms. The second-order valence-corrected chi connectivity index (χ2v) is 5.23. The molecule has 0 heterocycles. The molecule has 0 spiro atoms. The quantitative estimate of drug-likeness (QED) is 0.848. The Labute approximate surface area is 97.8 Å². The minimum absolute atomic E-state index is 0.0981. The van der Waals surface area contributed by atoms with Crippen LogP contribution in [-0.4, -0.2) is 12.1 Å². The summed E-state index contributed by atoms with van der Waals surface area (Å²) in [4.78, 5) is 0. The maximum Gasteiger partial charge on any atom is 0.122 e. The first-order valence-electron chi connectivity index (χ1n) is 6.06. The Bertz CT molecular complexity index is 373. The number of hydrogen-bond acceptors (Lipinski definition) is 2. The fourth-order valence-corrected chi connectivity index (χ4v) is 2.18. The predicted molar refractivity (Wildman–Crippen MR) is 66.6 cm³/mol. The second kappa shape index (κ2) is 4.10. The SMILES string of the molecule is CCc1ccccc1OC1CC(N)C1(C)C. The van der Waals surface area contributed by atoms with Crippen LogP contribution in [0.5, 0.6) is 5.75 Å². The van der Waals surface area contributed by atoms with Crippen LogP contribution in [0.3, 0.4) is 0 Å². The lowest BCUT2D eigenvalue weighted by Gasteiger charge is -2.49. The lowest BCUT2D eigenvalue weighted by atomic mass is 9.65. The van der Waals surface area contributed by atoms with E-state index in [1.165, 1.54) is 5.56 Å². The monoisotopic (exact) mass is 219 g/mol. The molecular weight excluding hydrogens is 198 g/mol. The number of hydrogen-bond donors (Lipinski definition) is 1. The Morgan fingerprint density at radius 3 is 2.62 bits per heavy atom. The van der Waals surface area contributed by atoms with Gasteiger partial charge in [0.2, 0.25) is 0 Å². The Morgan fingerprint density at radius 2 is 2.06 bits per heavy atom. The zero-order valence-electron chi connectivity index (χ0n) is 10.4. The molecule has 2 atom stereocenters. The van der Waals surface area contributed by atoms with E-state index in [1.54, 1.807) is 0 Å². The van der Waals surface area contributed by atoms with Crippen molar-refractivity contribution in [3.8, 4) is 5.75 Å². The summed E-state index contributed by atoms with van der Waals surface area (Å²) in [5, 5.41) is 0. The maximum absolute atomic E-state index is 6.08. The molecule has 1 aliphatic rings. The highest BCUT2D eigenvalue weighted by Crippen LogP contribution is 2.42. The van der Waals surface area contributed by atoms with Crippen molar-refractivity contribution in [2.24, 2.45) is 11.1 Å². The van der Waals surface area contributed by atoms with Gasteiger partial charge in [0.1, 0.15) is 11.9 Å². The smallest absolute Gasteiger partial charge is 0.122 e. The third kappa shape index (κ3) is 1.82. The fraction of sp³-hybridized carbons (Fsp3) is 0.571. The number of ether oxygens (including phenoxy) is 1. The van der Waals surface area contributed by atoms with Crippen molar-refractivity contribution in [2.45, 2.75) is 45.8 Å². The molecule has 2 unspecified atom stereocenters. The molecule has 1 fully saturated rings. The molecule has 1 aliphatic carbocycles. The summed E-state index contributed by atoms with van der Waals surface area (Å²) < 4.78 is 6.08. The zero-order chi connectivity index (χ0) is 11.8. The molecule has 2 rings (SSSR count). The first-order valence-corrected chi connectivity index (χ1v) is 6.06. The van der Waals surface area contributed by atoms with Crippen LogP contribution in [0, 0.1) is 5.41 Å². The zero-order valence-corrected chi connectivity index (χ0v) is 10.4. The van der Waals surface area contributed by atoms with Gasteiger partial charge in [-0.3, -0.25) is 0 Å². The molecule has 0 bridgehead atoms. The Balaban J connectivity index is 2.11. The van der Waals surface area contributed by atoms with E-state index in [9.17, 15) is 0 Å². The molecule has 1 aromatic rings. The van der Waals surface area contributed by atoms with Gasteiger partial charge in [-0.05, 0) is 18.1 Å². The van der Waals surface area contributed by atoms with Crippen molar-refractivity contribution < 1.29 is 4.74 Å². The molecule has 1 saturated carbocycles. The lowest BCUT2D eigenvalue weighted by molar-refractivity contribution is -0.0404. The van der Waals surface area contributed by atoms with Gasteiger partial charge in [0.25, 0.3) is 0 Å². The number of benzene rings is 1. The van der Waals surface area contributed by atoms with Gasteiger partial charge in [-0.25, -0.2) is 0 Å². The van der Waals surface area contributed by atoms with E-state index < -0.39 is 0 Å². The van der Waals surface area contributed by atoms with E-state index in [-0.39, 0.29) is 17.6 Å². The molecule has 1 aromatic carbocycles. The molecule has 2 nitrogen and oxygen atoms in total. The van der Waals surface area contributed by atoms with E-state index in [1.807, 2.05) is 6.07 Å². The lowest BCUT2D eigenvalue weighted by Crippen LogP contribution is -2.60. The van der Waals surface area contributed by atoms with Crippen LogP contribution in [0.25, 0.3) is 0 Å². The van der Waals surface area contributed by atoms with Crippen molar-refractivity contribution in [3.05, 3.63) is 29.8 Å². The summed E-state index contributed by atoms with van der Waals surface area (Å²) in [6.45, 7) is 6.51. The molecule has 0 amide bonds. The van der Waals surface area contributed by atoms with Gasteiger partial charge in [-0.15, -0.1) is 0 Å². The van der Waals surface area contributed by atoms with E-state index in [2.05, 4.69) is 39.0 Å². The first-order chi connectivity index (χ1) is 7.55. The Morgan fingerprint density at radius 1 is 1.38 bits per heavy atom. The van der Waals surface area contributed by atoms with Gasteiger partial charge in [0, 0.05) is 17.9 Å². The summed E-state index contributed by atoms with van der Waals surface area (Å²) >= 11 is 0. The molecule has 0 radical (unpaired) electrons. The molecule has 0 aliphatic heterocycles. The molecule has 0 saturated heterocycles. The maximum atomic E-state index is 6.08. The van der Waals surface area contributed by atoms with Crippen molar-refractivity contribution in [1.29, 1.82) is 0 Å². The standard InChI is InChI=1S/C14H21NO/c1-4-10-7-5-6-8-11(10)16-13-9-12(15)14(13,2)3/h5-8,12-13H,4,9,15H2,1-3H3. The third-order valence-corrected chi connectivity index (χ3v) is 3.88. The van der Waals surface area contributed by atoms with Crippen molar-refractivity contribution in [3.63, 3.8) is 0 Å². The topological polar surface area (TPSA) is 35.2 Å². The van der Waals surface area contributed by atoms with Gasteiger partial charge in [-0.2, -0.15) is 0 Å². The number of aryl methyl sites for hydroxylation is 1. The fourth-order valence-electron chi connectivity index (χ4n) is 2.18. The van der Waals surface area contributed by atoms with Crippen LogP contribution in [-0.2, 0) is 6.42 Å². The Kier molecular flexibility index (Phi) is 2.94. The molecule has 2 N–H and O–H groups in total. The van der Waals surface area contributed by atoms with Crippen LogP contribution < -0.4 is 10.5 Å². The number of nitrogens with two attached hydrogens (primary N) is 1. The van der Waals surface area contributed by atoms with E-state index >= 15 is 0 Å². The summed E-state index contributed by atoms with van der Waals surface area (Å²) in [6.07, 6.45) is 2.23. The van der Waals surface area contributed by atoms with E-state index in [4.69, 9.17) is 10.5 Å². The number of rotatable bonds is 3. The Hall–Kier alpha value is -1.02. The second-order valence-electron chi connectivity index (χ2n) is 5.23. The molecule has 88 valence electrons. The van der Waals surface area contributed by atoms with Crippen LogP contribution >= 0.6 is 0 Å². The normalized spacial score (nSPS) is 27.2. The third-order valence-electron chi connectivity index (χ3n) is 3.88. The average Bonchev–Trinajstić information content (AvgIpc) is 2.29. The van der Waals surface area contributed by atoms with E-state index in [0.717, 1.165) is 18.6 Å². The van der Waals surface area contributed by atoms with Crippen LogP contribution in [0.1, 0.15) is 32.8 Å². The summed E-state index contributed by atoms with van der Waals surface area (Å²) in [7, 11) is 0. The average molecular weight is 219 g/mol. The highest BCUT2D eigenvalue weighted by Gasteiger charge is 2.48. The van der Waals surface area contributed by atoms with Gasteiger partial charge < -0.3 is 10.5 Å². The summed E-state index contributed by atoms with van der Waals surface area (Å²) in [5.41, 5.74) is 7.37. The predicted octanol–water partition coefficient (Wildman–Crippen LogP) is 2.75. The molecule has 0 aromatic heterocycles. The number of para-hydroxylation sites is 1. The van der Waals surface area contributed by atoms with Gasteiger partial charge >= 0.3 is 0 Å². The van der Waals surface area contributed by atoms with Crippen molar-refractivity contribution in [1.82, 2.24) is 0 Å². The summed E-state index contributed by atoms with van der Waals surface area (Å²) in [6, 6.07) is 8.54. The minimum Gasteiger partial charge on any atom is -0.489 e. The van der Waals surface area contributed by atoms with E-state index in [0.29, 0.717) is 0 Å². The van der Waals surface area contributed by atoms with Crippen LogP contribution in [0.2, 0.25) is 0 Å². The summed E-state index contributed by atoms with van der Waals surface area (Å²) in [5.74, 6) is 1.02. The van der Waals surface area contributed by atoms with Crippen molar-refractivity contribution in [2.75, 3.05) is 0 Å². The van der Waals surface area contributed by atoms with Gasteiger partial charge in [-0.1, -0.05) is 39.0 Å².